The van der Waals surface area contributed by atoms with Crippen molar-refractivity contribution in [1.29, 1.82) is 0 Å². The van der Waals surface area contributed by atoms with Gasteiger partial charge in [0.05, 0.1) is 23.5 Å². The summed E-state index contributed by atoms with van der Waals surface area (Å²) in [5, 5.41) is 34.6. The molecule has 0 bridgehead atoms. The van der Waals surface area contributed by atoms with Gasteiger partial charge in [-0.05, 0) is 66.3 Å². The van der Waals surface area contributed by atoms with E-state index in [0.717, 1.165) is 11.3 Å². The van der Waals surface area contributed by atoms with Crippen LogP contribution >= 0.6 is 0 Å². The number of carbonyl (C=O) groups excluding carboxylic acids is 2. The zero-order valence-corrected chi connectivity index (χ0v) is 30.4. The van der Waals surface area contributed by atoms with Gasteiger partial charge in [-0.2, -0.15) is 0 Å². The number of para-hydroxylation sites is 1. The molecule has 2 atom stereocenters. The van der Waals surface area contributed by atoms with Crippen LogP contribution in [0.15, 0.2) is 84.9 Å². The predicted molar refractivity (Wildman–Crippen MR) is 155 cm³/mol. The van der Waals surface area contributed by atoms with E-state index < -0.39 is 30.4 Å². The zero-order valence-electron chi connectivity index (χ0n) is 24.1. The number of halogens is 1. The average molecular weight is 691 g/mol. The monoisotopic (exact) mass is 690 g/mol. The minimum Gasteiger partial charge on any atom is -0.550 e. The maximum atomic E-state index is 14.0. The van der Waals surface area contributed by atoms with Crippen molar-refractivity contribution in [3.63, 3.8) is 0 Å². The Balaban J connectivity index is 0.00000484. The Labute approximate surface area is 304 Å². The summed E-state index contributed by atoms with van der Waals surface area (Å²) in [7, 11) is 0. The molecule has 3 N–H and O–H groups in total. The molecule has 3 aromatic carbocycles. The molecule has 1 aromatic heterocycles. The number of nitrogens with zero attached hydrogens (tertiary/aromatic N) is 1. The summed E-state index contributed by atoms with van der Waals surface area (Å²) in [6.07, 6.45) is -2.77. The molecule has 214 valence electrons. The van der Waals surface area contributed by atoms with Crippen LogP contribution in [0.5, 0.6) is 0 Å². The minimum absolute atomic E-state index is 0. The van der Waals surface area contributed by atoms with Crippen LogP contribution in [0.25, 0.3) is 22.4 Å². The Bertz CT molecular complexity index is 1470. The van der Waals surface area contributed by atoms with E-state index in [2.05, 4.69) is 5.32 Å². The Morgan fingerprint density at radius 2 is 1.48 bits per heavy atom. The molecule has 1 heterocycles. The molecular formula is C33H34CsFN2O5. The summed E-state index contributed by atoms with van der Waals surface area (Å²) < 4.78 is 16.0. The van der Waals surface area contributed by atoms with Crippen LogP contribution < -0.4 is 79.3 Å². The first-order valence-corrected chi connectivity index (χ1v) is 13.7. The smallest absolute Gasteiger partial charge is 0.550 e. The van der Waals surface area contributed by atoms with E-state index in [1.807, 2.05) is 66.9 Å². The van der Waals surface area contributed by atoms with Gasteiger partial charge < -0.3 is 30.0 Å². The summed E-state index contributed by atoms with van der Waals surface area (Å²) >= 11 is 0. The maximum Gasteiger partial charge on any atom is 1.00 e. The molecule has 0 saturated carbocycles. The number of rotatable bonds is 12. The van der Waals surface area contributed by atoms with E-state index in [9.17, 15) is 29.3 Å². The molecule has 0 fully saturated rings. The first-order chi connectivity index (χ1) is 19.7. The number of anilines is 1. The van der Waals surface area contributed by atoms with Crippen molar-refractivity contribution in [1.82, 2.24) is 4.57 Å². The number of nitrogens with one attached hydrogen (secondary N) is 1. The molecule has 0 unspecified atom stereocenters. The molecule has 1 amide bonds. The summed E-state index contributed by atoms with van der Waals surface area (Å²) in [5.41, 5.74) is 4.72. The van der Waals surface area contributed by atoms with Crippen LogP contribution in [0.4, 0.5) is 10.1 Å². The molecule has 0 spiro atoms. The van der Waals surface area contributed by atoms with Crippen LogP contribution in [0.2, 0.25) is 0 Å². The number of aliphatic carboxylic acids is 1. The molecule has 0 aliphatic carbocycles. The number of aromatic nitrogens is 1. The van der Waals surface area contributed by atoms with Crippen LogP contribution in [0.3, 0.4) is 0 Å². The summed E-state index contributed by atoms with van der Waals surface area (Å²) in [4.78, 5) is 24.9. The molecule has 42 heavy (non-hydrogen) atoms. The van der Waals surface area contributed by atoms with E-state index in [1.54, 1.807) is 24.3 Å². The Hall–Kier alpha value is -2.22. The van der Waals surface area contributed by atoms with Crippen LogP contribution in [0.1, 0.15) is 55.1 Å². The van der Waals surface area contributed by atoms with E-state index in [1.165, 1.54) is 12.1 Å². The molecule has 7 nitrogen and oxygen atoms in total. The quantitative estimate of drug-likeness (QED) is 0.211. The van der Waals surface area contributed by atoms with E-state index in [0.29, 0.717) is 28.1 Å². The van der Waals surface area contributed by atoms with Gasteiger partial charge in [0.15, 0.2) is 0 Å². The summed E-state index contributed by atoms with van der Waals surface area (Å²) in [6, 6.07) is 24.7. The Morgan fingerprint density at radius 1 is 0.881 bits per heavy atom. The average Bonchev–Trinajstić information content (AvgIpc) is 3.28. The number of carboxylic acid groups (broad SMARTS) is 1. The second-order valence-corrected chi connectivity index (χ2v) is 10.4. The van der Waals surface area contributed by atoms with Crippen molar-refractivity contribution >= 4 is 17.6 Å². The SMILES string of the molecule is CC(C)c1c(C(=O)Nc2ccccc2)c(-c2ccccc2)c(-c2ccc(F)cc2)n1CC[C@@H](O)C[C@@H](O)CC(=O)[O-].[Cs+]. The van der Waals surface area contributed by atoms with Crippen LogP contribution in [0, 0.1) is 5.82 Å². The number of hydrogen-bond acceptors (Lipinski definition) is 5. The van der Waals surface area contributed by atoms with Crippen molar-refractivity contribution in [3.8, 4) is 22.4 Å². The van der Waals surface area contributed by atoms with Crippen molar-refractivity contribution in [2.75, 3.05) is 5.32 Å². The standard InChI is InChI=1S/C33H35FN2O5.Cs/c1-21(2)31-30(33(41)35-25-11-7-4-8-12-25)29(22-9-5-3-6-10-22)32(23-13-15-24(34)16-14-23)36(31)18-17-26(37)19-27(38)20-28(39)40;/h3-16,21,26-27,37-38H,17-20H2,1-2H3,(H,35,41)(H,39,40);/q;+1/p-1/t26-,27-;/m1./s1. The first kappa shape index (κ1) is 34.3. The topological polar surface area (TPSA) is 115 Å². The van der Waals surface area contributed by atoms with Gasteiger partial charge in [0, 0.05) is 35.9 Å². The third kappa shape index (κ3) is 8.67. The van der Waals surface area contributed by atoms with Gasteiger partial charge in [-0.1, -0.05) is 62.4 Å². The minimum atomic E-state index is -1.39. The van der Waals surface area contributed by atoms with Gasteiger partial charge in [-0.3, -0.25) is 4.79 Å². The summed E-state index contributed by atoms with van der Waals surface area (Å²) in [6.45, 7) is 4.22. The molecule has 4 aromatic rings. The van der Waals surface area contributed by atoms with Gasteiger partial charge in [0.2, 0.25) is 0 Å². The zero-order chi connectivity index (χ0) is 29.5. The number of carboxylic acids is 1. The van der Waals surface area contributed by atoms with Crippen LogP contribution in [-0.2, 0) is 11.3 Å². The van der Waals surface area contributed by atoms with Crippen molar-refractivity contribution in [3.05, 3.63) is 102 Å². The molecule has 0 saturated heterocycles. The van der Waals surface area contributed by atoms with E-state index in [-0.39, 0.29) is 100 Å². The molecule has 0 aliphatic rings. The number of carbonyl (C=O) groups is 2. The number of hydrogen-bond donors (Lipinski definition) is 3. The predicted octanol–water partition coefficient (Wildman–Crippen LogP) is 1.98. The second-order valence-electron chi connectivity index (χ2n) is 10.4. The first-order valence-electron chi connectivity index (χ1n) is 13.7. The van der Waals surface area contributed by atoms with Gasteiger partial charge in [-0.25, -0.2) is 4.39 Å². The molecular weight excluding hydrogens is 656 g/mol. The van der Waals surface area contributed by atoms with Crippen LogP contribution in [-0.4, -0.2) is 38.9 Å². The van der Waals surface area contributed by atoms with Gasteiger partial charge in [0.25, 0.3) is 5.91 Å². The fourth-order valence-electron chi connectivity index (χ4n) is 5.19. The molecule has 0 radical (unpaired) electrons. The number of benzene rings is 3. The summed E-state index contributed by atoms with van der Waals surface area (Å²) in [5.74, 6) is -2.20. The fraction of sp³-hybridized carbons (Fsp3) is 0.273. The largest absolute Gasteiger partial charge is 1.00 e. The van der Waals surface area contributed by atoms with E-state index in [4.69, 9.17) is 0 Å². The third-order valence-electron chi connectivity index (χ3n) is 6.92. The maximum absolute atomic E-state index is 14.0. The fourth-order valence-corrected chi connectivity index (χ4v) is 5.19. The number of amides is 1. The molecule has 4 rings (SSSR count). The van der Waals surface area contributed by atoms with Crippen molar-refractivity contribution < 1.29 is 98.2 Å². The van der Waals surface area contributed by atoms with Gasteiger partial charge >= 0.3 is 68.9 Å². The second kappa shape index (κ2) is 16.0. The number of aliphatic hydroxyl groups is 2. The van der Waals surface area contributed by atoms with Crippen molar-refractivity contribution in [2.24, 2.45) is 0 Å². The van der Waals surface area contributed by atoms with Crippen molar-refractivity contribution in [2.45, 2.75) is 57.8 Å². The van der Waals surface area contributed by atoms with Gasteiger partial charge in [-0.15, -0.1) is 0 Å². The molecule has 9 heteroatoms. The van der Waals surface area contributed by atoms with Gasteiger partial charge in [0.1, 0.15) is 5.82 Å². The number of aliphatic hydroxyl groups excluding tert-OH is 2. The van der Waals surface area contributed by atoms with E-state index >= 15 is 0 Å². The Morgan fingerprint density at radius 3 is 2.05 bits per heavy atom. The normalized spacial score (nSPS) is 12.4. The molecule has 0 aliphatic heterocycles. The Kier molecular flexibility index (Phi) is 13.1. The third-order valence-corrected chi connectivity index (χ3v) is 6.92.